The van der Waals surface area contributed by atoms with E-state index < -0.39 is 0 Å². The fourth-order valence-electron chi connectivity index (χ4n) is 2.99. The number of nitrogens with zero attached hydrogens (tertiary/aromatic N) is 5. The van der Waals surface area contributed by atoms with Gasteiger partial charge in [-0.05, 0) is 29.7 Å². The molecule has 0 aliphatic heterocycles. The highest BCUT2D eigenvalue weighted by Gasteiger charge is 2.09. The van der Waals surface area contributed by atoms with Crippen molar-refractivity contribution in [1.29, 1.82) is 0 Å². The predicted molar refractivity (Wildman–Crippen MR) is 103 cm³/mol. The van der Waals surface area contributed by atoms with E-state index in [9.17, 15) is 4.79 Å². The number of carbonyl (C=O) groups is 1. The lowest BCUT2D eigenvalue weighted by Crippen LogP contribution is -2.07. The summed E-state index contributed by atoms with van der Waals surface area (Å²) in [5.41, 5.74) is 3.98. The van der Waals surface area contributed by atoms with Crippen molar-refractivity contribution in [2.75, 3.05) is 0 Å². The zero-order valence-electron chi connectivity index (χ0n) is 15.0. The topological polar surface area (TPSA) is 73.6 Å². The van der Waals surface area contributed by atoms with E-state index in [1.165, 1.54) is 0 Å². The second kappa shape index (κ2) is 7.45. The molecule has 4 rings (SSSR count). The molecule has 0 saturated heterocycles. The number of benzene rings is 1. The van der Waals surface area contributed by atoms with Crippen LogP contribution in [0.3, 0.4) is 0 Å². The van der Waals surface area contributed by atoms with Crippen LogP contribution < -0.4 is 0 Å². The molecule has 0 radical (unpaired) electrons. The molecule has 1 aromatic carbocycles. The summed E-state index contributed by atoms with van der Waals surface area (Å²) in [6.45, 7) is 0. The van der Waals surface area contributed by atoms with Crippen molar-refractivity contribution in [2.24, 2.45) is 7.05 Å². The minimum absolute atomic E-state index is 0.126. The number of hydrogen-bond acceptors (Lipinski definition) is 5. The van der Waals surface area contributed by atoms with Crippen molar-refractivity contribution in [3.8, 4) is 11.1 Å². The Hall–Kier alpha value is -3.41. The highest BCUT2D eigenvalue weighted by atomic mass is 16.1. The molecule has 6 nitrogen and oxygen atoms in total. The first-order valence-electron chi connectivity index (χ1n) is 8.83. The Balaban J connectivity index is 1.49. The molecule has 0 atom stereocenters. The Morgan fingerprint density at radius 1 is 1.11 bits per heavy atom. The number of Topliss-reactive ketones (excluding diaryl/α,β-unsaturated/α-hetero) is 1. The van der Waals surface area contributed by atoms with Crippen molar-refractivity contribution in [1.82, 2.24) is 24.7 Å². The third-order valence-electron chi connectivity index (χ3n) is 4.44. The molecule has 4 aromatic rings. The lowest BCUT2D eigenvalue weighted by Gasteiger charge is -2.04. The predicted octanol–water partition coefficient (Wildman–Crippen LogP) is 3.17. The van der Waals surface area contributed by atoms with Gasteiger partial charge in [0.15, 0.2) is 0 Å². The molecular formula is C21H19N5O. The summed E-state index contributed by atoms with van der Waals surface area (Å²) in [6.07, 6.45) is 10.5. The van der Waals surface area contributed by atoms with Gasteiger partial charge in [-0.1, -0.05) is 18.2 Å². The molecule has 0 fully saturated rings. The maximum Gasteiger partial charge on any atom is 0.140 e. The van der Waals surface area contributed by atoms with Gasteiger partial charge in [0.25, 0.3) is 0 Å². The average molecular weight is 357 g/mol. The largest absolute Gasteiger partial charge is 0.299 e. The summed E-state index contributed by atoms with van der Waals surface area (Å²) in [7, 11) is 1.89. The van der Waals surface area contributed by atoms with E-state index in [0.717, 1.165) is 27.6 Å². The van der Waals surface area contributed by atoms with Gasteiger partial charge in [-0.3, -0.25) is 14.5 Å². The number of aromatic nitrogens is 5. The van der Waals surface area contributed by atoms with Crippen LogP contribution >= 0.6 is 0 Å². The number of aryl methyl sites for hydroxylation is 2. The van der Waals surface area contributed by atoms with E-state index >= 15 is 0 Å². The van der Waals surface area contributed by atoms with Crippen molar-refractivity contribution < 1.29 is 4.79 Å². The molecule has 0 spiro atoms. The Labute approximate surface area is 156 Å². The van der Waals surface area contributed by atoms with Gasteiger partial charge in [-0.15, -0.1) is 0 Å². The Morgan fingerprint density at radius 2 is 2.04 bits per heavy atom. The minimum atomic E-state index is 0.126. The number of rotatable bonds is 6. The lowest BCUT2D eigenvalue weighted by molar-refractivity contribution is -0.118. The van der Waals surface area contributed by atoms with E-state index in [-0.39, 0.29) is 12.2 Å². The fourth-order valence-corrected chi connectivity index (χ4v) is 2.99. The van der Waals surface area contributed by atoms with Gasteiger partial charge in [-0.2, -0.15) is 5.10 Å². The second-order valence-electron chi connectivity index (χ2n) is 6.54. The molecule has 134 valence electrons. The number of hydrogen-bond donors (Lipinski definition) is 0. The maximum atomic E-state index is 12.3. The van der Waals surface area contributed by atoms with Crippen LogP contribution in [0.1, 0.15) is 17.8 Å². The second-order valence-corrected chi connectivity index (χ2v) is 6.54. The summed E-state index contributed by atoms with van der Waals surface area (Å²) in [4.78, 5) is 25.3. The first-order valence-corrected chi connectivity index (χ1v) is 8.83. The van der Waals surface area contributed by atoms with Crippen LogP contribution in [0.2, 0.25) is 0 Å². The number of pyridine rings is 1. The number of ketones is 1. The van der Waals surface area contributed by atoms with E-state index in [0.29, 0.717) is 18.7 Å². The summed E-state index contributed by atoms with van der Waals surface area (Å²) < 4.78 is 1.77. The van der Waals surface area contributed by atoms with Crippen molar-refractivity contribution in [3.05, 3.63) is 72.7 Å². The molecule has 0 amide bonds. The number of carbonyl (C=O) groups excluding carboxylic acids is 1. The van der Waals surface area contributed by atoms with Gasteiger partial charge in [0.1, 0.15) is 11.6 Å². The molecule has 27 heavy (non-hydrogen) atoms. The van der Waals surface area contributed by atoms with Crippen LogP contribution in [0.5, 0.6) is 0 Å². The standard InChI is InChI=1S/C21H19N5O/c1-26-14-18(13-24-26)16-5-6-17-12-23-21(25-20(17)9-16)10-19(27)7-4-15-3-2-8-22-11-15/h2-3,5-6,8-9,11-14H,4,7,10H2,1H3. The molecule has 0 aliphatic carbocycles. The van der Waals surface area contributed by atoms with Gasteiger partial charge in [0.2, 0.25) is 0 Å². The summed E-state index contributed by atoms with van der Waals surface area (Å²) in [5.74, 6) is 0.684. The zero-order valence-corrected chi connectivity index (χ0v) is 15.0. The van der Waals surface area contributed by atoms with Crippen LogP contribution in [-0.2, 0) is 24.7 Å². The highest BCUT2D eigenvalue weighted by Crippen LogP contribution is 2.22. The Morgan fingerprint density at radius 3 is 2.81 bits per heavy atom. The third kappa shape index (κ3) is 4.06. The van der Waals surface area contributed by atoms with Crippen molar-refractivity contribution in [3.63, 3.8) is 0 Å². The molecule has 3 aromatic heterocycles. The van der Waals surface area contributed by atoms with Gasteiger partial charge in [0, 0.05) is 49.2 Å². The van der Waals surface area contributed by atoms with Crippen molar-refractivity contribution >= 4 is 16.7 Å². The highest BCUT2D eigenvalue weighted by molar-refractivity contribution is 5.84. The molecule has 0 bridgehead atoms. The first-order chi connectivity index (χ1) is 13.2. The zero-order chi connectivity index (χ0) is 18.6. The summed E-state index contributed by atoms with van der Waals surface area (Å²) >= 11 is 0. The quantitative estimate of drug-likeness (QED) is 0.530. The van der Waals surface area contributed by atoms with Crippen LogP contribution in [0.25, 0.3) is 22.0 Å². The van der Waals surface area contributed by atoms with Crippen LogP contribution in [0, 0.1) is 0 Å². The average Bonchev–Trinajstić information content (AvgIpc) is 3.13. The van der Waals surface area contributed by atoms with E-state index in [4.69, 9.17) is 0 Å². The molecule has 0 N–H and O–H groups in total. The summed E-state index contributed by atoms with van der Waals surface area (Å²) in [6, 6.07) is 9.89. The Kier molecular flexibility index (Phi) is 4.70. The van der Waals surface area contributed by atoms with E-state index in [2.05, 4.69) is 20.1 Å². The minimum Gasteiger partial charge on any atom is -0.299 e. The smallest absolute Gasteiger partial charge is 0.140 e. The fraction of sp³-hybridized carbons (Fsp3) is 0.190. The van der Waals surface area contributed by atoms with Gasteiger partial charge in [0.05, 0.1) is 18.1 Å². The Bertz CT molecular complexity index is 1090. The molecule has 0 unspecified atom stereocenters. The summed E-state index contributed by atoms with van der Waals surface area (Å²) in [5, 5.41) is 5.16. The van der Waals surface area contributed by atoms with Crippen LogP contribution in [0.4, 0.5) is 0 Å². The molecular weight excluding hydrogens is 338 g/mol. The van der Waals surface area contributed by atoms with Gasteiger partial charge < -0.3 is 0 Å². The number of fused-ring (bicyclic) bond motifs is 1. The maximum absolute atomic E-state index is 12.3. The molecule has 0 saturated carbocycles. The lowest BCUT2D eigenvalue weighted by atomic mass is 10.1. The monoisotopic (exact) mass is 357 g/mol. The van der Waals surface area contributed by atoms with Gasteiger partial charge in [-0.25, -0.2) is 9.97 Å². The van der Waals surface area contributed by atoms with Gasteiger partial charge >= 0.3 is 0 Å². The van der Waals surface area contributed by atoms with Crippen LogP contribution in [-0.4, -0.2) is 30.5 Å². The van der Waals surface area contributed by atoms with E-state index in [1.807, 2.05) is 49.8 Å². The van der Waals surface area contributed by atoms with E-state index in [1.54, 1.807) is 23.3 Å². The third-order valence-corrected chi connectivity index (χ3v) is 4.44. The first kappa shape index (κ1) is 17.0. The SMILES string of the molecule is Cn1cc(-c2ccc3cnc(CC(=O)CCc4cccnc4)nc3c2)cn1. The molecule has 3 heterocycles. The van der Waals surface area contributed by atoms with Crippen LogP contribution in [0.15, 0.2) is 61.3 Å². The molecule has 6 heteroatoms. The normalized spacial score (nSPS) is 11.0. The van der Waals surface area contributed by atoms with Crippen molar-refractivity contribution in [2.45, 2.75) is 19.3 Å². The molecule has 0 aliphatic rings.